The van der Waals surface area contributed by atoms with Gasteiger partial charge < -0.3 is 9.64 Å². The quantitative estimate of drug-likeness (QED) is 0.758. The average Bonchev–Trinajstić information content (AvgIpc) is 3.22. The molecule has 4 rings (SSSR count). The molecular weight excluding hydrogens is 242 g/mol. The van der Waals surface area contributed by atoms with Gasteiger partial charge in [-0.3, -0.25) is 0 Å². The highest BCUT2D eigenvalue weighted by atomic mass is 32.2. The number of hydrogen-bond acceptors (Lipinski definition) is 3. The number of nitrogens with zero attached hydrogens (tertiary/aromatic N) is 1. The lowest BCUT2D eigenvalue weighted by molar-refractivity contribution is 0.403. The largest absolute Gasteiger partial charge is 0.371 e. The molecule has 2 heterocycles. The summed E-state index contributed by atoms with van der Waals surface area (Å²) in [4.78, 5) is 3.90. The van der Waals surface area contributed by atoms with Gasteiger partial charge in [-0.1, -0.05) is 36.4 Å². The summed E-state index contributed by atoms with van der Waals surface area (Å²) in [5.74, 6) is 0. The van der Waals surface area contributed by atoms with Crippen LogP contribution in [0.25, 0.3) is 0 Å². The Morgan fingerprint density at radius 2 is 2.06 bits per heavy atom. The molecule has 0 aromatic heterocycles. The van der Waals surface area contributed by atoms with Gasteiger partial charge in [0, 0.05) is 11.4 Å². The van der Waals surface area contributed by atoms with Crippen LogP contribution in [0.2, 0.25) is 0 Å². The fourth-order valence-corrected chi connectivity index (χ4v) is 3.98. The molecule has 1 fully saturated rings. The number of thioether (sulfide) groups is 1. The van der Waals surface area contributed by atoms with Gasteiger partial charge in [0.25, 0.3) is 0 Å². The molecule has 0 spiro atoms. The van der Waals surface area contributed by atoms with E-state index in [0.29, 0.717) is 17.4 Å². The van der Waals surface area contributed by atoms with Gasteiger partial charge in [-0.15, -0.1) is 11.8 Å². The lowest BCUT2D eigenvalue weighted by Gasteiger charge is -2.41. The Labute approximate surface area is 111 Å². The predicted octanol–water partition coefficient (Wildman–Crippen LogP) is 2.86. The van der Waals surface area contributed by atoms with Crippen molar-refractivity contribution in [1.82, 2.24) is 0 Å². The van der Waals surface area contributed by atoms with Crippen LogP contribution in [0.3, 0.4) is 0 Å². The molecule has 3 unspecified atom stereocenters. The normalized spacial score (nSPS) is 32.0. The number of allylic oxidation sites excluding steroid dienone is 2. The van der Waals surface area contributed by atoms with Crippen molar-refractivity contribution in [3.8, 4) is 0 Å². The van der Waals surface area contributed by atoms with E-state index in [0.717, 1.165) is 13.2 Å². The maximum atomic E-state index is 5.42. The fraction of sp³-hybridized carbons (Fsp3) is 0.333. The second kappa shape index (κ2) is 4.18. The van der Waals surface area contributed by atoms with E-state index >= 15 is 0 Å². The van der Waals surface area contributed by atoms with Gasteiger partial charge in [-0.25, -0.2) is 0 Å². The van der Waals surface area contributed by atoms with Gasteiger partial charge in [0.15, 0.2) is 0 Å². The number of ether oxygens (including phenoxy) is 1. The lowest BCUT2D eigenvalue weighted by atomic mass is 10.0. The highest BCUT2D eigenvalue weighted by molar-refractivity contribution is 8.00. The number of fused-ring (bicyclic) bond motifs is 2. The second-order valence-electron chi connectivity index (χ2n) is 4.92. The molecule has 3 aliphatic rings. The first-order chi connectivity index (χ1) is 8.92. The minimum atomic E-state index is 0.432. The smallest absolute Gasteiger partial charge is 0.0984 e. The topological polar surface area (TPSA) is 15.8 Å². The van der Waals surface area contributed by atoms with E-state index in [9.17, 15) is 0 Å². The third-order valence-corrected chi connectivity index (χ3v) is 4.96. The van der Waals surface area contributed by atoms with E-state index < -0.39 is 0 Å². The molecule has 1 aromatic rings. The maximum Gasteiger partial charge on any atom is 0.0984 e. The summed E-state index contributed by atoms with van der Waals surface area (Å²) in [6.07, 6.45) is 9.38. The van der Waals surface area contributed by atoms with Crippen molar-refractivity contribution < 1.29 is 4.74 Å². The van der Waals surface area contributed by atoms with E-state index in [2.05, 4.69) is 53.5 Å². The number of rotatable bonds is 2. The molecule has 18 heavy (non-hydrogen) atoms. The van der Waals surface area contributed by atoms with Crippen LogP contribution in [0.4, 0.5) is 5.69 Å². The van der Waals surface area contributed by atoms with Crippen molar-refractivity contribution in [2.45, 2.75) is 22.3 Å². The molecule has 1 saturated heterocycles. The molecule has 1 aliphatic carbocycles. The summed E-state index contributed by atoms with van der Waals surface area (Å²) in [5.41, 5.74) is 1.36. The summed E-state index contributed by atoms with van der Waals surface area (Å²) in [7, 11) is 0. The SMILES string of the molecule is C1=CC2Sc3ccccc3N(CC3CO3)C2C=C1. The van der Waals surface area contributed by atoms with Crippen LogP contribution in [0.15, 0.2) is 53.5 Å². The molecule has 0 bridgehead atoms. The standard InChI is InChI=1S/C15H15NOS/c1-3-7-14-12(5-1)16(9-11-10-17-11)13-6-2-4-8-15(13)18-14/h1-8,11-12,14H,9-10H2. The minimum Gasteiger partial charge on any atom is -0.371 e. The highest BCUT2D eigenvalue weighted by Gasteiger charge is 2.36. The zero-order valence-corrected chi connectivity index (χ0v) is 10.8. The van der Waals surface area contributed by atoms with Crippen molar-refractivity contribution in [2.24, 2.45) is 0 Å². The molecule has 3 atom stereocenters. The van der Waals surface area contributed by atoms with Crippen LogP contribution in [-0.4, -0.2) is 30.5 Å². The minimum absolute atomic E-state index is 0.432. The highest BCUT2D eigenvalue weighted by Crippen LogP contribution is 2.43. The van der Waals surface area contributed by atoms with E-state index in [4.69, 9.17) is 4.74 Å². The Bertz CT molecular complexity index is 521. The van der Waals surface area contributed by atoms with E-state index in [-0.39, 0.29) is 0 Å². The monoisotopic (exact) mass is 257 g/mol. The summed E-state index contributed by atoms with van der Waals surface area (Å²) in [6.45, 7) is 1.93. The fourth-order valence-electron chi connectivity index (χ4n) is 2.68. The first kappa shape index (κ1) is 10.7. The zero-order valence-electron chi connectivity index (χ0n) is 10.0. The molecule has 2 nitrogen and oxygen atoms in total. The van der Waals surface area contributed by atoms with Gasteiger partial charge in [0.1, 0.15) is 0 Å². The lowest BCUT2D eigenvalue weighted by Crippen LogP contribution is -2.45. The number of epoxide rings is 1. The Hall–Kier alpha value is -1.19. The summed E-state index contributed by atoms with van der Waals surface area (Å²) in [6, 6.07) is 9.18. The number of para-hydroxylation sites is 1. The van der Waals surface area contributed by atoms with Gasteiger partial charge >= 0.3 is 0 Å². The number of benzene rings is 1. The van der Waals surface area contributed by atoms with Crippen molar-refractivity contribution in [1.29, 1.82) is 0 Å². The van der Waals surface area contributed by atoms with Crippen LogP contribution in [0.1, 0.15) is 0 Å². The Balaban J connectivity index is 1.75. The van der Waals surface area contributed by atoms with Gasteiger partial charge in [-0.05, 0) is 12.1 Å². The Morgan fingerprint density at radius 3 is 2.94 bits per heavy atom. The molecular formula is C15H15NOS. The van der Waals surface area contributed by atoms with Crippen molar-refractivity contribution >= 4 is 17.4 Å². The van der Waals surface area contributed by atoms with Crippen molar-refractivity contribution in [2.75, 3.05) is 18.1 Å². The summed E-state index contributed by atoms with van der Waals surface area (Å²) >= 11 is 1.97. The van der Waals surface area contributed by atoms with Gasteiger partial charge in [0.2, 0.25) is 0 Å². The molecule has 0 saturated carbocycles. The molecule has 1 aromatic carbocycles. The Morgan fingerprint density at radius 1 is 1.22 bits per heavy atom. The molecule has 0 N–H and O–H groups in total. The average molecular weight is 257 g/mol. The zero-order chi connectivity index (χ0) is 11.9. The van der Waals surface area contributed by atoms with Crippen LogP contribution in [0, 0.1) is 0 Å². The third-order valence-electron chi connectivity index (χ3n) is 3.66. The first-order valence-electron chi connectivity index (χ1n) is 6.41. The van der Waals surface area contributed by atoms with Crippen LogP contribution >= 0.6 is 11.8 Å². The van der Waals surface area contributed by atoms with Crippen molar-refractivity contribution in [3.05, 3.63) is 48.6 Å². The summed E-state index contributed by atoms with van der Waals surface area (Å²) < 4.78 is 5.42. The van der Waals surface area contributed by atoms with Gasteiger partial charge in [0.05, 0.1) is 29.7 Å². The predicted molar refractivity (Wildman–Crippen MR) is 75.2 cm³/mol. The third kappa shape index (κ3) is 1.78. The molecule has 3 heteroatoms. The van der Waals surface area contributed by atoms with Gasteiger partial charge in [-0.2, -0.15) is 0 Å². The van der Waals surface area contributed by atoms with Crippen LogP contribution in [-0.2, 0) is 4.74 Å². The number of anilines is 1. The number of hydrogen-bond donors (Lipinski definition) is 0. The molecule has 0 radical (unpaired) electrons. The van der Waals surface area contributed by atoms with E-state index in [1.54, 1.807) is 0 Å². The van der Waals surface area contributed by atoms with Crippen molar-refractivity contribution in [3.63, 3.8) is 0 Å². The maximum absolute atomic E-state index is 5.42. The van der Waals surface area contributed by atoms with E-state index in [1.165, 1.54) is 10.6 Å². The first-order valence-corrected chi connectivity index (χ1v) is 7.29. The molecule has 2 aliphatic heterocycles. The second-order valence-corrected chi connectivity index (χ2v) is 6.14. The molecule has 0 amide bonds. The van der Waals surface area contributed by atoms with Crippen LogP contribution < -0.4 is 4.90 Å². The Kier molecular flexibility index (Phi) is 2.49. The van der Waals surface area contributed by atoms with E-state index in [1.807, 2.05) is 11.8 Å². The summed E-state index contributed by atoms with van der Waals surface area (Å²) in [5, 5.41) is 0.531. The molecule has 92 valence electrons. The van der Waals surface area contributed by atoms with Crippen LogP contribution in [0.5, 0.6) is 0 Å².